The molecule has 0 aliphatic heterocycles. The molecule has 0 unspecified atom stereocenters. The van der Waals surface area contributed by atoms with E-state index in [1.165, 1.54) is 124 Å². The first-order valence-electron chi connectivity index (χ1n) is 18.0. The summed E-state index contributed by atoms with van der Waals surface area (Å²) in [4.78, 5) is 10.8. The molecule has 0 saturated carbocycles. The van der Waals surface area contributed by atoms with Crippen molar-refractivity contribution in [1.82, 2.24) is 0 Å². The topological polar surface area (TPSA) is 24.7 Å². The van der Waals surface area contributed by atoms with Gasteiger partial charge in [0.05, 0.1) is 22.8 Å². The molecule has 2 aromatic rings. The van der Waals surface area contributed by atoms with Gasteiger partial charge in [0.15, 0.2) is 0 Å². The summed E-state index contributed by atoms with van der Waals surface area (Å²) in [6, 6.07) is 14.0. The van der Waals surface area contributed by atoms with Gasteiger partial charge in [-0.1, -0.05) is 118 Å². The van der Waals surface area contributed by atoms with Gasteiger partial charge in [0.1, 0.15) is 0 Å². The van der Waals surface area contributed by atoms with Gasteiger partial charge < -0.3 is 0 Å². The minimum Gasteiger partial charge on any atom is -0.252 e. The number of rotatable bonds is 23. The first-order valence-corrected chi connectivity index (χ1v) is 18.0. The molecule has 0 aliphatic carbocycles. The molecule has 2 nitrogen and oxygen atoms in total. The number of nitrogens with zero attached hydrogens (tertiary/aromatic N) is 2. The summed E-state index contributed by atoms with van der Waals surface area (Å²) in [5.41, 5.74) is 10.5. The average Bonchev–Trinajstić information content (AvgIpc) is 3.01. The largest absolute Gasteiger partial charge is 0.252 e. The van der Waals surface area contributed by atoms with Crippen LogP contribution >= 0.6 is 0 Å². The summed E-state index contributed by atoms with van der Waals surface area (Å²) >= 11 is 0. The van der Waals surface area contributed by atoms with Gasteiger partial charge in [-0.25, -0.2) is 0 Å². The van der Waals surface area contributed by atoms with Crippen molar-refractivity contribution in [3.8, 4) is 0 Å². The van der Waals surface area contributed by atoms with Crippen LogP contribution in [0.4, 0.5) is 11.4 Å². The molecule has 0 atom stereocenters. The van der Waals surface area contributed by atoms with Crippen molar-refractivity contribution in [3.05, 3.63) is 58.7 Å². The van der Waals surface area contributed by atoms with Crippen LogP contribution in [0, 0.1) is 0 Å². The molecule has 2 rings (SSSR count). The molecule has 0 heterocycles. The molecule has 3 heteroatoms. The molecule has 0 radical (unpaired) electrons. The summed E-state index contributed by atoms with van der Waals surface area (Å²) in [6.07, 6.45) is 24.4. The molecule has 0 aliphatic rings. The van der Waals surface area contributed by atoms with E-state index < -0.39 is 0 Å². The van der Waals surface area contributed by atoms with Crippen LogP contribution in [0.15, 0.2) is 46.4 Å². The Kier molecular flexibility index (Phi) is 22.5. The third kappa shape index (κ3) is 15.7. The van der Waals surface area contributed by atoms with E-state index in [0.717, 1.165) is 49.9 Å². The number of benzene rings is 2. The third-order valence-electron chi connectivity index (χ3n) is 8.54. The molecule has 244 valence electrons. The Hall–Kier alpha value is -1.73. The van der Waals surface area contributed by atoms with Crippen molar-refractivity contribution in [1.29, 1.82) is 0 Å². The zero-order chi connectivity index (χ0) is 30.4. The second-order valence-electron chi connectivity index (χ2n) is 12.3. The van der Waals surface area contributed by atoms with Crippen molar-refractivity contribution in [2.75, 3.05) is 0 Å². The summed E-state index contributed by atoms with van der Waals surface area (Å²) in [5, 5.41) is 0. The summed E-state index contributed by atoms with van der Waals surface area (Å²) in [6.45, 7) is 13.7. The molecule has 0 amide bonds. The second-order valence-corrected chi connectivity index (χ2v) is 12.3. The van der Waals surface area contributed by atoms with E-state index in [9.17, 15) is 0 Å². The summed E-state index contributed by atoms with van der Waals surface area (Å²) < 4.78 is 0. The minimum absolute atomic E-state index is 0. The molecular formula is C40H64N2Ni. The van der Waals surface area contributed by atoms with E-state index in [4.69, 9.17) is 9.98 Å². The molecule has 2 aromatic carbocycles. The van der Waals surface area contributed by atoms with Crippen LogP contribution in [0.2, 0.25) is 0 Å². The fourth-order valence-electron chi connectivity index (χ4n) is 5.72. The zero-order valence-corrected chi connectivity index (χ0v) is 29.8. The molecule has 0 bridgehead atoms. The Morgan fingerprint density at radius 3 is 1.51 bits per heavy atom. The zero-order valence-electron chi connectivity index (χ0n) is 28.8. The Morgan fingerprint density at radius 1 is 0.465 bits per heavy atom. The first kappa shape index (κ1) is 39.3. The molecule has 0 spiro atoms. The van der Waals surface area contributed by atoms with Gasteiger partial charge in [0.2, 0.25) is 0 Å². The van der Waals surface area contributed by atoms with Gasteiger partial charge in [-0.3, -0.25) is 9.98 Å². The van der Waals surface area contributed by atoms with Crippen LogP contribution in [-0.2, 0) is 42.2 Å². The van der Waals surface area contributed by atoms with Gasteiger partial charge in [-0.05, 0) is 111 Å². The van der Waals surface area contributed by atoms with E-state index in [-0.39, 0.29) is 16.5 Å². The van der Waals surface area contributed by atoms with Gasteiger partial charge in [-0.2, -0.15) is 0 Å². The van der Waals surface area contributed by atoms with E-state index in [1.807, 2.05) is 0 Å². The fourth-order valence-corrected chi connectivity index (χ4v) is 5.72. The summed E-state index contributed by atoms with van der Waals surface area (Å²) in [5.74, 6) is 0. The molecule has 43 heavy (non-hydrogen) atoms. The van der Waals surface area contributed by atoms with Gasteiger partial charge in [-0.15, -0.1) is 0 Å². The molecule has 0 saturated heterocycles. The van der Waals surface area contributed by atoms with Crippen molar-refractivity contribution in [2.24, 2.45) is 9.98 Å². The van der Waals surface area contributed by atoms with Crippen LogP contribution in [0.25, 0.3) is 0 Å². The second kappa shape index (κ2) is 24.6. The first-order chi connectivity index (χ1) is 20.6. The monoisotopic (exact) mass is 630 g/mol. The van der Waals surface area contributed by atoms with E-state index >= 15 is 0 Å². The van der Waals surface area contributed by atoms with E-state index in [1.54, 1.807) is 0 Å². The van der Waals surface area contributed by atoms with Crippen molar-refractivity contribution in [3.63, 3.8) is 0 Å². The number of hydrogen-bond acceptors (Lipinski definition) is 2. The standard InChI is InChI=1S/C40H64N2.Ni/c1-7-13-17-18-19-20-21-22-26-40(42-38-30-33(11-5)29-34(12-6)31-38)39(25-16-10-4)41-37-28-27-35(23-14-8-2)36(32-37)24-15-9-3;/h27-32H,7-26H2,1-6H3;/b41-39+,42-40+;. The fraction of sp³-hybridized carbons (Fsp3) is 0.650. The molecule has 0 fully saturated rings. The van der Waals surface area contributed by atoms with Crippen molar-refractivity contribution in [2.45, 2.75) is 170 Å². The SMILES string of the molecule is CCCCCCCCCCC(=N\c1cc(CC)cc(CC)c1)/C(CCCC)=N/c1ccc(CCCC)c(CCCC)c1.[Ni]. The van der Waals surface area contributed by atoms with Crippen LogP contribution in [0.5, 0.6) is 0 Å². The minimum atomic E-state index is 0. The number of aliphatic imine (C=N–C) groups is 2. The van der Waals surface area contributed by atoms with E-state index in [2.05, 4.69) is 77.9 Å². The maximum absolute atomic E-state index is 5.40. The predicted molar refractivity (Wildman–Crippen MR) is 190 cm³/mol. The van der Waals surface area contributed by atoms with Crippen LogP contribution < -0.4 is 0 Å². The molecule has 0 aromatic heterocycles. The number of hydrogen-bond donors (Lipinski definition) is 0. The number of unbranched alkanes of at least 4 members (excludes halogenated alkanes) is 10. The number of aryl methyl sites for hydroxylation is 4. The smallest absolute Gasteiger partial charge is 0.0639 e. The quantitative estimate of drug-likeness (QED) is 0.0662. The van der Waals surface area contributed by atoms with Crippen LogP contribution in [-0.4, -0.2) is 11.4 Å². The maximum atomic E-state index is 5.40. The van der Waals surface area contributed by atoms with Gasteiger partial charge >= 0.3 is 0 Å². The Bertz CT molecular complexity index is 1050. The Balaban J connectivity index is 0.00000924. The van der Waals surface area contributed by atoms with Crippen LogP contribution in [0.3, 0.4) is 0 Å². The Labute approximate surface area is 277 Å². The van der Waals surface area contributed by atoms with Gasteiger partial charge in [0, 0.05) is 16.5 Å². The molecule has 0 N–H and O–H groups in total. The van der Waals surface area contributed by atoms with Gasteiger partial charge in [0.25, 0.3) is 0 Å². The van der Waals surface area contributed by atoms with Crippen LogP contribution in [0.1, 0.15) is 167 Å². The van der Waals surface area contributed by atoms with E-state index in [0.29, 0.717) is 0 Å². The Morgan fingerprint density at radius 2 is 0.953 bits per heavy atom. The predicted octanol–water partition coefficient (Wildman–Crippen LogP) is 13.1. The van der Waals surface area contributed by atoms with Crippen molar-refractivity contribution >= 4 is 22.8 Å². The average molecular weight is 632 g/mol. The molecular weight excluding hydrogens is 567 g/mol. The third-order valence-corrected chi connectivity index (χ3v) is 8.54. The summed E-state index contributed by atoms with van der Waals surface area (Å²) in [7, 11) is 0. The normalized spacial score (nSPS) is 12.0. The van der Waals surface area contributed by atoms with Crippen molar-refractivity contribution < 1.29 is 16.5 Å². The maximum Gasteiger partial charge on any atom is 0.0639 e.